The maximum atomic E-state index is 12.0. The van der Waals surface area contributed by atoms with Gasteiger partial charge in [0, 0.05) is 78.7 Å². The third-order valence-electron chi connectivity index (χ3n) is 11.9. The zero-order valence-electron chi connectivity index (χ0n) is 33.5. The number of fused-ring (bicyclic) bond motifs is 15. The van der Waals surface area contributed by atoms with E-state index >= 15 is 0 Å². The Balaban J connectivity index is 0.000000160. The number of rotatable bonds is 0. The lowest BCUT2D eigenvalue weighted by Gasteiger charge is -2.48. The van der Waals surface area contributed by atoms with E-state index in [1.165, 1.54) is 16.3 Å². The number of quaternary nitrogens is 2. The van der Waals surface area contributed by atoms with Gasteiger partial charge in [-0.2, -0.15) is 7.05 Å². The van der Waals surface area contributed by atoms with Crippen molar-refractivity contribution in [3.8, 4) is 0 Å². The van der Waals surface area contributed by atoms with Crippen LogP contribution >= 0.6 is 0 Å². The van der Waals surface area contributed by atoms with E-state index in [2.05, 4.69) is 87.3 Å². The number of pyridine rings is 3. The summed E-state index contributed by atoms with van der Waals surface area (Å²) >= 11 is 0. The SMILES string of the molecule is C.O=C1CN2CCCCc3cccc(n3)CN1CC2.O=C1CN2CCN1CCCCc1cccc(n1)C2.[B].[CH2-][NH+]1CCN2CC[N+]([CH2-])(CC2)Cc2cccc(n2)C1. The van der Waals surface area contributed by atoms with Crippen molar-refractivity contribution in [2.24, 2.45) is 0 Å². The zero-order chi connectivity index (χ0) is 38.0. The number of carbonyl (C=O) groups excluding carboxylic acids is 2. The van der Waals surface area contributed by atoms with E-state index in [1.807, 2.05) is 15.9 Å². The van der Waals surface area contributed by atoms with Gasteiger partial charge in [0.2, 0.25) is 11.8 Å². The predicted octanol–water partition coefficient (Wildman–Crippen LogP) is 2.08. The molecule has 3 unspecified atom stereocenters. The summed E-state index contributed by atoms with van der Waals surface area (Å²) in [7, 11) is 8.64. The van der Waals surface area contributed by atoms with Gasteiger partial charge in [-0.1, -0.05) is 25.6 Å². The minimum Gasteiger partial charge on any atom is -0.462 e. The molecule has 9 aliphatic heterocycles. The number of nitrogens with one attached hydrogen (secondary N) is 1. The highest BCUT2D eigenvalue weighted by atomic mass is 16.2. The molecule has 1 N–H and O–H groups in total. The summed E-state index contributed by atoms with van der Waals surface area (Å²) in [5, 5.41) is 0. The summed E-state index contributed by atoms with van der Waals surface area (Å²) in [5.74, 6) is 0.520. The molecule has 0 aromatic carbocycles. The molecule has 3 aromatic heterocycles. The third kappa shape index (κ3) is 13.1. The fraction of sp³-hybridized carbons (Fsp3) is 0.568. The summed E-state index contributed by atoms with van der Waals surface area (Å²) in [6, 6.07) is 18.8. The van der Waals surface area contributed by atoms with Crippen LogP contribution in [0.3, 0.4) is 0 Å². The number of aromatic nitrogens is 3. The van der Waals surface area contributed by atoms with Crippen LogP contribution in [-0.2, 0) is 48.6 Å². The van der Waals surface area contributed by atoms with E-state index in [4.69, 9.17) is 4.98 Å². The van der Waals surface area contributed by atoms with Gasteiger partial charge in [-0.05, 0) is 81.5 Å². The second-order valence-electron chi connectivity index (χ2n) is 16.4. The Bertz CT molecular complexity index is 1730. The second-order valence-corrected chi connectivity index (χ2v) is 16.4. The highest BCUT2D eigenvalue weighted by Crippen LogP contribution is 2.18. The third-order valence-corrected chi connectivity index (χ3v) is 11.9. The minimum atomic E-state index is 0. The molecule has 0 aliphatic carbocycles. The average molecular weight is 778 g/mol. The number of hydrogen-bond acceptors (Lipinski definition) is 8. The smallest absolute Gasteiger partial charge is 0.237 e. The van der Waals surface area contributed by atoms with Gasteiger partial charge in [0.15, 0.2) is 0 Å². The van der Waals surface area contributed by atoms with Crippen molar-refractivity contribution < 1.29 is 19.0 Å². The molecule has 9 aliphatic rings. The molecule has 57 heavy (non-hydrogen) atoms. The van der Waals surface area contributed by atoms with E-state index in [9.17, 15) is 9.59 Å². The molecule has 3 fully saturated rings. The Kier molecular flexibility index (Phi) is 16.6. The number of piperazine rings is 3. The van der Waals surface area contributed by atoms with Crippen molar-refractivity contribution in [1.82, 2.24) is 39.5 Å². The summed E-state index contributed by atoms with van der Waals surface area (Å²) in [5.41, 5.74) is 6.79. The Morgan fingerprint density at radius 3 is 1.77 bits per heavy atom. The molecule has 12 nitrogen and oxygen atoms in total. The fourth-order valence-corrected chi connectivity index (χ4v) is 8.46. The van der Waals surface area contributed by atoms with Crippen LogP contribution in [0.2, 0.25) is 0 Å². The molecule has 2 amide bonds. The van der Waals surface area contributed by atoms with Crippen LogP contribution in [0.1, 0.15) is 67.3 Å². The molecule has 307 valence electrons. The van der Waals surface area contributed by atoms with Gasteiger partial charge in [0.1, 0.15) is 0 Å². The highest BCUT2D eigenvalue weighted by Gasteiger charge is 2.27. The first-order chi connectivity index (χ1) is 26.7. The predicted molar refractivity (Wildman–Crippen MR) is 225 cm³/mol. The van der Waals surface area contributed by atoms with Gasteiger partial charge in [0.25, 0.3) is 0 Å². The van der Waals surface area contributed by atoms with Crippen LogP contribution in [0, 0.1) is 14.1 Å². The molecule has 3 radical (unpaired) electrons. The molecule has 3 atom stereocenters. The summed E-state index contributed by atoms with van der Waals surface area (Å²) in [6.45, 7) is 16.9. The molecule has 3 saturated heterocycles. The van der Waals surface area contributed by atoms with Crippen molar-refractivity contribution >= 4 is 20.2 Å². The molecular formula is C44H66BN10O2. The molecular weight excluding hydrogens is 711 g/mol. The number of nitrogens with zero attached hydrogens (tertiary/aromatic N) is 9. The van der Waals surface area contributed by atoms with Crippen LogP contribution < -0.4 is 4.90 Å². The van der Waals surface area contributed by atoms with Gasteiger partial charge in [0.05, 0.1) is 75.1 Å². The number of hydrogen-bond donors (Lipinski definition) is 1. The lowest BCUT2D eigenvalue weighted by Crippen LogP contribution is -3.06. The van der Waals surface area contributed by atoms with Crippen molar-refractivity contribution in [3.63, 3.8) is 0 Å². The Hall–Kier alpha value is -3.75. The van der Waals surface area contributed by atoms with E-state index in [0.717, 1.165) is 164 Å². The Morgan fingerprint density at radius 2 is 1.09 bits per heavy atom. The number of aryl methyl sites for hydroxylation is 2. The van der Waals surface area contributed by atoms with Crippen molar-refractivity contribution in [2.75, 3.05) is 91.6 Å². The topological polar surface area (TPSA) is 93.5 Å². The maximum absolute atomic E-state index is 12.0. The van der Waals surface area contributed by atoms with Crippen LogP contribution in [-0.4, -0.2) is 156 Å². The minimum absolute atomic E-state index is 0. The van der Waals surface area contributed by atoms with Gasteiger partial charge < -0.3 is 19.2 Å². The van der Waals surface area contributed by atoms with Crippen molar-refractivity contribution in [2.45, 2.75) is 72.1 Å². The number of amides is 2. The van der Waals surface area contributed by atoms with Gasteiger partial charge in [-0.3, -0.25) is 34.3 Å². The van der Waals surface area contributed by atoms with Crippen LogP contribution in [0.15, 0.2) is 54.6 Å². The average Bonchev–Trinajstić information content (AvgIpc) is 3.16. The summed E-state index contributed by atoms with van der Waals surface area (Å²) in [6.07, 6.45) is 6.58. The first-order valence-corrected chi connectivity index (χ1v) is 20.7. The van der Waals surface area contributed by atoms with Gasteiger partial charge in [-0.15, -0.1) is 7.05 Å². The Morgan fingerprint density at radius 1 is 0.544 bits per heavy atom. The summed E-state index contributed by atoms with van der Waals surface area (Å²) in [4.78, 5) is 50.4. The van der Waals surface area contributed by atoms with E-state index in [1.54, 1.807) is 0 Å². The molecule has 12 bridgehead atoms. The molecule has 13 heteroatoms. The fourth-order valence-electron chi connectivity index (χ4n) is 8.46. The second kappa shape index (κ2) is 21.3. The van der Waals surface area contributed by atoms with Crippen LogP contribution in [0.5, 0.6) is 0 Å². The molecule has 12 rings (SSSR count). The van der Waals surface area contributed by atoms with E-state index < -0.39 is 0 Å². The Labute approximate surface area is 344 Å². The summed E-state index contributed by atoms with van der Waals surface area (Å²) < 4.78 is 0.883. The molecule has 3 aromatic rings. The molecule has 0 saturated carbocycles. The van der Waals surface area contributed by atoms with Crippen LogP contribution in [0.25, 0.3) is 0 Å². The highest BCUT2D eigenvalue weighted by molar-refractivity contribution is 5.79. The lowest BCUT2D eigenvalue weighted by molar-refractivity contribution is -0.904. The monoisotopic (exact) mass is 778 g/mol. The zero-order valence-corrected chi connectivity index (χ0v) is 33.5. The van der Waals surface area contributed by atoms with Crippen molar-refractivity contribution in [1.29, 1.82) is 0 Å². The number of carbonyl (C=O) groups is 2. The first kappa shape index (κ1) is 44.4. The maximum Gasteiger partial charge on any atom is 0.237 e. The van der Waals surface area contributed by atoms with Gasteiger partial charge >= 0.3 is 0 Å². The van der Waals surface area contributed by atoms with Crippen molar-refractivity contribution in [3.05, 3.63) is 103 Å². The quantitative estimate of drug-likeness (QED) is 0.211. The first-order valence-electron chi connectivity index (χ1n) is 20.7. The van der Waals surface area contributed by atoms with Crippen LogP contribution in [0.4, 0.5) is 0 Å². The normalized spacial score (nSPS) is 27.3. The lowest BCUT2D eigenvalue weighted by atomic mass is 10.1. The standard InChI is InChI=1S/C15H24N4.2C14H19N3O.CH4.B/c1-17-6-7-18-8-10-19(2,11-9-18)13-15-5-3-4-14(12-17)16-15;18-14-11-16-8-9-17(14)7-2-1-4-12-5-3-6-13(10-16)15-12;18-14-11-16-7-2-1-4-12-5-3-6-13(15-12)10-17(14)9-8-16;;/h3-5,17H,1-2,6-13H2;2*3,5-6H,1-2,4,7-11H2;1H4;. The van der Waals surface area contributed by atoms with E-state index in [0.29, 0.717) is 19.6 Å². The molecule has 12 heterocycles. The largest absolute Gasteiger partial charge is 0.462 e. The van der Waals surface area contributed by atoms with Gasteiger partial charge in [-0.25, -0.2) is 4.98 Å². The van der Waals surface area contributed by atoms with E-state index in [-0.39, 0.29) is 27.7 Å². The molecule has 0 spiro atoms.